The summed E-state index contributed by atoms with van der Waals surface area (Å²) in [6.07, 6.45) is 6.90. The largest absolute Gasteiger partial charge is 0.308 e. The molecule has 15 heavy (non-hydrogen) atoms. The third-order valence-electron chi connectivity index (χ3n) is 2.77. The van der Waals surface area contributed by atoms with Gasteiger partial charge in [-0.1, -0.05) is 26.7 Å². The normalized spacial score (nSPS) is 11.2. The molecule has 1 rings (SSSR count). The Bertz CT molecular complexity index is 262. The van der Waals surface area contributed by atoms with Gasteiger partial charge in [-0.3, -0.25) is 4.68 Å². The van der Waals surface area contributed by atoms with Gasteiger partial charge in [0.1, 0.15) is 0 Å². The van der Waals surface area contributed by atoms with E-state index >= 15 is 0 Å². The van der Waals surface area contributed by atoms with E-state index in [-0.39, 0.29) is 0 Å². The van der Waals surface area contributed by atoms with Gasteiger partial charge in [-0.2, -0.15) is 5.10 Å². The molecule has 0 aromatic carbocycles. The van der Waals surface area contributed by atoms with Crippen LogP contribution in [0.4, 0.5) is 0 Å². The van der Waals surface area contributed by atoms with Crippen molar-refractivity contribution in [2.24, 2.45) is 7.05 Å². The first-order chi connectivity index (χ1) is 7.27. The van der Waals surface area contributed by atoms with Crippen LogP contribution in [0.25, 0.3) is 0 Å². The van der Waals surface area contributed by atoms with E-state index in [2.05, 4.69) is 30.3 Å². The van der Waals surface area contributed by atoms with E-state index < -0.39 is 0 Å². The highest BCUT2D eigenvalue weighted by atomic mass is 15.3. The van der Waals surface area contributed by atoms with Crippen LogP contribution in [0.2, 0.25) is 0 Å². The lowest BCUT2D eigenvalue weighted by molar-refractivity contribution is 0.435. The fourth-order valence-electron chi connectivity index (χ4n) is 1.87. The molecule has 0 bridgehead atoms. The molecule has 0 fully saturated rings. The Kier molecular flexibility index (Phi) is 5.40. The standard InChI is InChI=1S/C12H23N3/c1-4-6-11(7-5-2)13-10-12-8-9-14-15(12)3/h8-9,11,13H,4-7,10H2,1-3H3. The molecular weight excluding hydrogens is 186 g/mol. The lowest BCUT2D eigenvalue weighted by Crippen LogP contribution is -2.29. The molecule has 0 atom stereocenters. The topological polar surface area (TPSA) is 29.9 Å². The van der Waals surface area contributed by atoms with Gasteiger partial charge in [0.05, 0.1) is 5.69 Å². The van der Waals surface area contributed by atoms with Gasteiger partial charge in [0.2, 0.25) is 0 Å². The van der Waals surface area contributed by atoms with Crippen LogP contribution < -0.4 is 5.32 Å². The number of nitrogens with one attached hydrogen (secondary N) is 1. The Hall–Kier alpha value is -0.830. The summed E-state index contributed by atoms with van der Waals surface area (Å²) in [5, 5.41) is 7.77. The minimum absolute atomic E-state index is 0.662. The lowest BCUT2D eigenvalue weighted by atomic mass is 10.1. The molecule has 3 heteroatoms. The van der Waals surface area contributed by atoms with Crippen molar-refractivity contribution in [3.63, 3.8) is 0 Å². The summed E-state index contributed by atoms with van der Waals surface area (Å²) in [4.78, 5) is 0. The number of aromatic nitrogens is 2. The van der Waals surface area contributed by atoms with Crippen molar-refractivity contribution in [2.75, 3.05) is 0 Å². The molecule has 1 aromatic rings. The average molecular weight is 209 g/mol. The van der Waals surface area contributed by atoms with Gasteiger partial charge in [0, 0.05) is 25.8 Å². The summed E-state index contributed by atoms with van der Waals surface area (Å²) >= 11 is 0. The van der Waals surface area contributed by atoms with Crippen molar-refractivity contribution in [2.45, 2.75) is 52.1 Å². The van der Waals surface area contributed by atoms with E-state index in [1.807, 2.05) is 17.9 Å². The second kappa shape index (κ2) is 6.62. The molecule has 86 valence electrons. The monoisotopic (exact) mass is 209 g/mol. The summed E-state index contributed by atoms with van der Waals surface area (Å²) in [6, 6.07) is 2.73. The maximum atomic E-state index is 4.16. The van der Waals surface area contributed by atoms with E-state index in [1.54, 1.807) is 0 Å². The number of hydrogen-bond acceptors (Lipinski definition) is 2. The predicted molar refractivity (Wildman–Crippen MR) is 63.7 cm³/mol. The Morgan fingerprint density at radius 1 is 1.33 bits per heavy atom. The number of nitrogens with zero attached hydrogens (tertiary/aromatic N) is 2. The van der Waals surface area contributed by atoms with E-state index in [0.717, 1.165) is 6.54 Å². The average Bonchev–Trinajstić information content (AvgIpc) is 2.61. The van der Waals surface area contributed by atoms with E-state index in [9.17, 15) is 0 Å². The van der Waals surface area contributed by atoms with Crippen molar-refractivity contribution in [3.05, 3.63) is 18.0 Å². The van der Waals surface area contributed by atoms with Crippen LogP contribution in [0, 0.1) is 0 Å². The van der Waals surface area contributed by atoms with Gasteiger partial charge in [-0.15, -0.1) is 0 Å². The maximum absolute atomic E-state index is 4.16. The zero-order chi connectivity index (χ0) is 11.1. The van der Waals surface area contributed by atoms with Crippen LogP contribution in [0.15, 0.2) is 12.3 Å². The quantitative estimate of drug-likeness (QED) is 0.747. The molecule has 1 N–H and O–H groups in total. The highest BCUT2D eigenvalue weighted by Crippen LogP contribution is 2.06. The second-order valence-corrected chi connectivity index (χ2v) is 4.10. The number of hydrogen-bond donors (Lipinski definition) is 1. The van der Waals surface area contributed by atoms with Crippen LogP contribution in [-0.2, 0) is 13.6 Å². The molecule has 1 heterocycles. The van der Waals surface area contributed by atoms with Crippen LogP contribution in [0.3, 0.4) is 0 Å². The van der Waals surface area contributed by atoms with Gasteiger partial charge in [0.15, 0.2) is 0 Å². The van der Waals surface area contributed by atoms with Crippen LogP contribution in [-0.4, -0.2) is 15.8 Å². The Morgan fingerprint density at radius 2 is 2.00 bits per heavy atom. The van der Waals surface area contributed by atoms with Gasteiger partial charge in [-0.25, -0.2) is 0 Å². The summed E-state index contributed by atoms with van der Waals surface area (Å²) in [5.74, 6) is 0. The SMILES string of the molecule is CCCC(CCC)NCc1ccnn1C. The van der Waals surface area contributed by atoms with Crippen LogP contribution >= 0.6 is 0 Å². The molecule has 0 unspecified atom stereocenters. The Balaban J connectivity index is 2.36. The van der Waals surface area contributed by atoms with Gasteiger partial charge < -0.3 is 5.32 Å². The van der Waals surface area contributed by atoms with Gasteiger partial charge in [0.25, 0.3) is 0 Å². The van der Waals surface area contributed by atoms with Crippen LogP contribution in [0.5, 0.6) is 0 Å². The predicted octanol–water partition coefficient (Wildman–Crippen LogP) is 2.48. The molecular formula is C12H23N3. The van der Waals surface area contributed by atoms with E-state index in [0.29, 0.717) is 6.04 Å². The Labute approximate surface area is 92.9 Å². The number of aryl methyl sites for hydroxylation is 1. The zero-order valence-corrected chi connectivity index (χ0v) is 10.2. The minimum atomic E-state index is 0.662. The van der Waals surface area contributed by atoms with Crippen molar-refractivity contribution >= 4 is 0 Å². The first-order valence-corrected chi connectivity index (χ1v) is 5.98. The van der Waals surface area contributed by atoms with Crippen molar-refractivity contribution < 1.29 is 0 Å². The first kappa shape index (κ1) is 12.2. The fraction of sp³-hybridized carbons (Fsp3) is 0.750. The van der Waals surface area contributed by atoms with Crippen molar-refractivity contribution in [1.29, 1.82) is 0 Å². The molecule has 3 nitrogen and oxygen atoms in total. The highest BCUT2D eigenvalue weighted by molar-refractivity contribution is 4.99. The lowest BCUT2D eigenvalue weighted by Gasteiger charge is -2.17. The summed E-state index contributed by atoms with van der Waals surface area (Å²) in [7, 11) is 1.99. The fourth-order valence-corrected chi connectivity index (χ4v) is 1.87. The Morgan fingerprint density at radius 3 is 2.47 bits per heavy atom. The maximum Gasteiger partial charge on any atom is 0.0518 e. The number of rotatable bonds is 7. The molecule has 0 aliphatic rings. The summed E-state index contributed by atoms with van der Waals surface area (Å²) in [5.41, 5.74) is 1.26. The summed E-state index contributed by atoms with van der Waals surface area (Å²) in [6.45, 7) is 5.42. The van der Waals surface area contributed by atoms with Crippen molar-refractivity contribution in [1.82, 2.24) is 15.1 Å². The third-order valence-corrected chi connectivity index (χ3v) is 2.77. The van der Waals surface area contributed by atoms with Crippen LogP contribution in [0.1, 0.15) is 45.2 Å². The first-order valence-electron chi connectivity index (χ1n) is 5.98. The van der Waals surface area contributed by atoms with Crippen molar-refractivity contribution in [3.8, 4) is 0 Å². The van der Waals surface area contributed by atoms with Gasteiger partial charge >= 0.3 is 0 Å². The minimum Gasteiger partial charge on any atom is -0.308 e. The van der Waals surface area contributed by atoms with E-state index in [4.69, 9.17) is 0 Å². The second-order valence-electron chi connectivity index (χ2n) is 4.10. The molecule has 0 saturated heterocycles. The molecule has 0 aliphatic carbocycles. The van der Waals surface area contributed by atoms with E-state index in [1.165, 1.54) is 31.4 Å². The smallest absolute Gasteiger partial charge is 0.0518 e. The third kappa shape index (κ3) is 4.04. The molecule has 0 spiro atoms. The zero-order valence-electron chi connectivity index (χ0n) is 10.2. The van der Waals surface area contributed by atoms with Gasteiger partial charge in [-0.05, 0) is 18.9 Å². The highest BCUT2D eigenvalue weighted by Gasteiger charge is 2.06. The molecule has 1 aromatic heterocycles. The molecule has 0 radical (unpaired) electrons. The summed E-state index contributed by atoms with van der Waals surface area (Å²) < 4.78 is 1.93. The molecule has 0 aliphatic heterocycles. The molecule has 0 amide bonds. The molecule has 0 saturated carbocycles.